The third kappa shape index (κ3) is 2.32. The summed E-state index contributed by atoms with van der Waals surface area (Å²) in [5.41, 5.74) is 8.81. The van der Waals surface area contributed by atoms with Crippen molar-refractivity contribution in [1.82, 2.24) is 20.1 Å². The van der Waals surface area contributed by atoms with Gasteiger partial charge in [-0.3, -0.25) is 5.10 Å². The summed E-state index contributed by atoms with van der Waals surface area (Å²) in [7, 11) is 2.05. The van der Waals surface area contributed by atoms with Crippen LogP contribution in [0.2, 0.25) is 0 Å². The zero-order valence-corrected chi connectivity index (χ0v) is 9.40. The zero-order chi connectivity index (χ0) is 11.4. The number of hydrogen-bond acceptors (Lipinski definition) is 3. The Balaban J connectivity index is 2.14. The van der Waals surface area contributed by atoms with Crippen molar-refractivity contribution in [2.45, 2.75) is 6.54 Å². The molecule has 0 aromatic carbocycles. The van der Waals surface area contributed by atoms with Crippen molar-refractivity contribution < 1.29 is 0 Å². The minimum atomic E-state index is 0.673. The second-order valence-electron chi connectivity index (χ2n) is 3.88. The first kappa shape index (κ1) is 10.9. The minimum absolute atomic E-state index is 0.673. The summed E-state index contributed by atoms with van der Waals surface area (Å²) in [6, 6.07) is 4.00. The van der Waals surface area contributed by atoms with E-state index in [0.29, 0.717) is 6.54 Å². The molecule has 0 bridgehead atoms. The number of aromatic amines is 2. The fraction of sp³-hybridized carbons (Fsp3) is 0.364. The molecule has 0 amide bonds. The van der Waals surface area contributed by atoms with Crippen LogP contribution >= 0.6 is 0 Å². The predicted molar refractivity (Wildman–Crippen MR) is 63.8 cm³/mol. The minimum Gasteiger partial charge on any atom is -0.360 e. The van der Waals surface area contributed by atoms with Crippen LogP contribution in [0.15, 0.2) is 24.5 Å². The third-order valence-corrected chi connectivity index (χ3v) is 2.54. The molecule has 0 atom stereocenters. The van der Waals surface area contributed by atoms with Gasteiger partial charge in [-0.15, -0.1) is 0 Å². The second-order valence-corrected chi connectivity index (χ2v) is 3.88. The Bertz CT molecular complexity index is 417. The number of aromatic nitrogens is 3. The van der Waals surface area contributed by atoms with E-state index < -0.39 is 0 Å². The second kappa shape index (κ2) is 4.96. The van der Waals surface area contributed by atoms with E-state index in [4.69, 9.17) is 5.73 Å². The van der Waals surface area contributed by atoms with Gasteiger partial charge in [-0.1, -0.05) is 0 Å². The molecule has 86 valence electrons. The molecule has 2 aromatic rings. The molecule has 2 aromatic heterocycles. The number of hydrogen-bond donors (Lipinski definition) is 3. The van der Waals surface area contributed by atoms with Crippen LogP contribution in [0.25, 0.3) is 11.4 Å². The molecule has 4 N–H and O–H groups in total. The Morgan fingerprint density at radius 2 is 2.38 bits per heavy atom. The fourth-order valence-electron chi connectivity index (χ4n) is 1.74. The van der Waals surface area contributed by atoms with Crippen LogP contribution in [0.4, 0.5) is 0 Å². The summed E-state index contributed by atoms with van der Waals surface area (Å²) in [6.45, 7) is 2.41. The van der Waals surface area contributed by atoms with Gasteiger partial charge in [-0.25, -0.2) is 0 Å². The van der Waals surface area contributed by atoms with Gasteiger partial charge in [0.1, 0.15) is 0 Å². The van der Waals surface area contributed by atoms with Gasteiger partial charge in [-0.05, 0) is 19.2 Å². The van der Waals surface area contributed by atoms with Crippen molar-refractivity contribution in [2.75, 3.05) is 20.1 Å². The maximum Gasteiger partial charge on any atom is 0.0857 e. The first-order chi connectivity index (χ1) is 7.81. The topological polar surface area (TPSA) is 73.7 Å². The van der Waals surface area contributed by atoms with Crippen LogP contribution in [0.3, 0.4) is 0 Å². The lowest BCUT2D eigenvalue weighted by molar-refractivity contribution is 0.337. The molecule has 0 saturated carbocycles. The van der Waals surface area contributed by atoms with E-state index in [1.165, 1.54) is 5.56 Å². The molecule has 0 aliphatic heterocycles. The first-order valence-electron chi connectivity index (χ1n) is 5.36. The Hall–Kier alpha value is -1.59. The van der Waals surface area contributed by atoms with Crippen molar-refractivity contribution in [3.63, 3.8) is 0 Å². The Labute approximate surface area is 94.7 Å². The molecule has 0 fully saturated rings. The molecule has 0 spiro atoms. The standard InChI is InChI=1S/C11H17N5/c1-16(6-4-12)8-9-7-14-15-11(9)10-3-2-5-13-10/h2-3,5,7,13H,4,6,8,12H2,1H3,(H,14,15). The van der Waals surface area contributed by atoms with Crippen LogP contribution in [0, 0.1) is 0 Å². The highest BCUT2D eigenvalue weighted by Crippen LogP contribution is 2.19. The van der Waals surface area contributed by atoms with Crippen LogP contribution in [-0.2, 0) is 6.54 Å². The molecular formula is C11H17N5. The molecule has 2 heterocycles. The predicted octanol–water partition coefficient (Wildman–Crippen LogP) is 0.795. The molecular weight excluding hydrogens is 202 g/mol. The van der Waals surface area contributed by atoms with E-state index in [1.54, 1.807) is 0 Å². The van der Waals surface area contributed by atoms with Crippen molar-refractivity contribution in [2.24, 2.45) is 5.73 Å². The summed E-state index contributed by atoms with van der Waals surface area (Å²) >= 11 is 0. The largest absolute Gasteiger partial charge is 0.360 e. The number of nitrogens with one attached hydrogen (secondary N) is 2. The van der Waals surface area contributed by atoms with Gasteiger partial charge < -0.3 is 15.6 Å². The van der Waals surface area contributed by atoms with Gasteiger partial charge in [0.25, 0.3) is 0 Å². The Morgan fingerprint density at radius 3 is 3.06 bits per heavy atom. The SMILES string of the molecule is CN(CCN)Cc1cn[nH]c1-c1ccc[nH]1. The normalized spacial score (nSPS) is 11.2. The summed E-state index contributed by atoms with van der Waals surface area (Å²) in [5, 5.41) is 7.10. The fourth-order valence-corrected chi connectivity index (χ4v) is 1.74. The van der Waals surface area contributed by atoms with Gasteiger partial charge in [0, 0.05) is 31.4 Å². The lowest BCUT2D eigenvalue weighted by atomic mass is 10.2. The van der Waals surface area contributed by atoms with Crippen molar-refractivity contribution >= 4 is 0 Å². The number of nitrogens with two attached hydrogens (primary N) is 1. The number of likely N-dealkylation sites (N-methyl/N-ethyl adjacent to an activating group) is 1. The molecule has 0 aliphatic carbocycles. The molecule has 0 saturated heterocycles. The van der Waals surface area contributed by atoms with E-state index in [-0.39, 0.29) is 0 Å². The Kier molecular flexibility index (Phi) is 3.38. The Morgan fingerprint density at radius 1 is 1.50 bits per heavy atom. The number of H-pyrrole nitrogens is 2. The highest BCUT2D eigenvalue weighted by atomic mass is 15.1. The summed E-state index contributed by atoms with van der Waals surface area (Å²) in [4.78, 5) is 5.35. The van der Waals surface area contributed by atoms with E-state index in [0.717, 1.165) is 24.5 Å². The van der Waals surface area contributed by atoms with Crippen molar-refractivity contribution in [3.8, 4) is 11.4 Å². The maximum absolute atomic E-state index is 5.52. The average Bonchev–Trinajstić information content (AvgIpc) is 2.86. The summed E-state index contributed by atoms with van der Waals surface area (Å²) in [5.74, 6) is 0. The van der Waals surface area contributed by atoms with Crippen LogP contribution in [0.5, 0.6) is 0 Å². The molecule has 5 nitrogen and oxygen atoms in total. The average molecular weight is 219 g/mol. The molecule has 0 aliphatic rings. The molecule has 5 heteroatoms. The van der Waals surface area contributed by atoms with Crippen LogP contribution in [0.1, 0.15) is 5.56 Å². The lowest BCUT2D eigenvalue weighted by Crippen LogP contribution is -2.25. The van der Waals surface area contributed by atoms with E-state index in [9.17, 15) is 0 Å². The molecule has 0 unspecified atom stereocenters. The van der Waals surface area contributed by atoms with Gasteiger partial charge in [-0.2, -0.15) is 5.10 Å². The van der Waals surface area contributed by atoms with Crippen LogP contribution < -0.4 is 5.73 Å². The quantitative estimate of drug-likeness (QED) is 0.696. The van der Waals surface area contributed by atoms with Gasteiger partial charge >= 0.3 is 0 Å². The summed E-state index contributed by atoms with van der Waals surface area (Å²) in [6.07, 6.45) is 3.77. The highest BCUT2D eigenvalue weighted by molar-refractivity contribution is 5.58. The zero-order valence-electron chi connectivity index (χ0n) is 9.40. The maximum atomic E-state index is 5.52. The molecule has 16 heavy (non-hydrogen) atoms. The third-order valence-electron chi connectivity index (χ3n) is 2.54. The number of rotatable bonds is 5. The van der Waals surface area contributed by atoms with E-state index >= 15 is 0 Å². The van der Waals surface area contributed by atoms with Gasteiger partial charge in [0.2, 0.25) is 0 Å². The lowest BCUT2D eigenvalue weighted by Gasteiger charge is -2.14. The van der Waals surface area contributed by atoms with Crippen molar-refractivity contribution in [3.05, 3.63) is 30.1 Å². The van der Waals surface area contributed by atoms with Crippen molar-refractivity contribution in [1.29, 1.82) is 0 Å². The van der Waals surface area contributed by atoms with Gasteiger partial charge in [0.15, 0.2) is 0 Å². The summed E-state index contributed by atoms with van der Waals surface area (Å²) < 4.78 is 0. The smallest absolute Gasteiger partial charge is 0.0857 e. The molecule has 0 radical (unpaired) electrons. The highest BCUT2D eigenvalue weighted by Gasteiger charge is 2.09. The van der Waals surface area contributed by atoms with Gasteiger partial charge in [0.05, 0.1) is 17.6 Å². The molecule has 2 rings (SSSR count). The number of nitrogens with zero attached hydrogens (tertiary/aromatic N) is 2. The van der Waals surface area contributed by atoms with E-state index in [1.807, 2.05) is 24.5 Å². The van der Waals surface area contributed by atoms with Crippen LogP contribution in [-0.4, -0.2) is 40.2 Å². The monoisotopic (exact) mass is 219 g/mol. The van der Waals surface area contributed by atoms with E-state index in [2.05, 4.69) is 27.1 Å². The first-order valence-corrected chi connectivity index (χ1v) is 5.36.